The first-order valence-electron chi connectivity index (χ1n) is 5.63. The Balaban J connectivity index is 3.32. The van der Waals surface area contributed by atoms with E-state index in [1.807, 2.05) is 12.1 Å². The highest BCUT2D eigenvalue weighted by Crippen LogP contribution is 2.32. The maximum atomic E-state index is 5.81. The van der Waals surface area contributed by atoms with Crippen LogP contribution in [0.15, 0.2) is 22.7 Å². The Bertz CT molecular complexity index is 429. The average Bonchev–Trinajstić information content (AvgIpc) is 2.27. The van der Waals surface area contributed by atoms with E-state index in [1.165, 1.54) is 0 Å². The number of anilines is 1. The Kier molecular flexibility index (Phi) is 4.55. The minimum absolute atomic E-state index is 0.0698. The molecule has 0 saturated carbocycles. The molecule has 0 spiro atoms. The SMILES string of the molecule is CCC(C)(C)N(C)c1cccc(Br)c1C(N)=S. The Hall–Kier alpha value is -0.610. The van der Waals surface area contributed by atoms with E-state index >= 15 is 0 Å². The van der Waals surface area contributed by atoms with Gasteiger partial charge in [0.2, 0.25) is 0 Å². The van der Waals surface area contributed by atoms with Crippen LogP contribution in [0.3, 0.4) is 0 Å². The summed E-state index contributed by atoms with van der Waals surface area (Å²) in [6.07, 6.45) is 1.05. The fraction of sp³-hybridized carbons (Fsp3) is 0.462. The van der Waals surface area contributed by atoms with E-state index in [-0.39, 0.29) is 5.54 Å². The van der Waals surface area contributed by atoms with Gasteiger partial charge >= 0.3 is 0 Å². The molecule has 0 aromatic heterocycles. The Morgan fingerprint density at radius 3 is 2.53 bits per heavy atom. The zero-order valence-corrected chi connectivity index (χ0v) is 13.2. The summed E-state index contributed by atoms with van der Waals surface area (Å²) in [5, 5.41) is 0. The molecule has 0 amide bonds. The quantitative estimate of drug-likeness (QED) is 0.859. The highest BCUT2D eigenvalue weighted by Gasteiger charge is 2.24. The van der Waals surface area contributed by atoms with Crippen molar-refractivity contribution in [3.8, 4) is 0 Å². The van der Waals surface area contributed by atoms with Gasteiger partial charge < -0.3 is 10.6 Å². The van der Waals surface area contributed by atoms with E-state index < -0.39 is 0 Å². The van der Waals surface area contributed by atoms with Crippen molar-refractivity contribution in [1.82, 2.24) is 0 Å². The monoisotopic (exact) mass is 314 g/mol. The summed E-state index contributed by atoms with van der Waals surface area (Å²) in [6, 6.07) is 6.02. The molecule has 0 aliphatic carbocycles. The van der Waals surface area contributed by atoms with E-state index in [0.29, 0.717) is 4.99 Å². The summed E-state index contributed by atoms with van der Waals surface area (Å²) in [5.41, 5.74) is 7.86. The third-order valence-electron chi connectivity index (χ3n) is 3.37. The second-order valence-electron chi connectivity index (χ2n) is 4.72. The first kappa shape index (κ1) is 14.5. The van der Waals surface area contributed by atoms with Crippen molar-refractivity contribution in [2.45, 2.75) is 32.7 Å². The van der Waals surface area contributed by atoms with Crippen molar-refractivity contribution in [3.05, 3.63) is 28.2 Å². The fourth-order valence-corrected chi connectivity index (χ4v) is 2.51. The van der Waals surface area contributed by atoms with Crippen LogP contribution in [0.5, 0.6) is 0 Å². The molecule has 0 atom stereocenters. The smallest absolute Gasteiger partial charge is 0.107 e. The van der Waals surface area contributed by atoms with Gasteiger partial charge in [0.15, 0.2) is 0 Å². The molecule has 1 rings (SSSR count). The van der Waals surface area contributed by atoms with Gasteiger partial charge in [0, 0.05) is 28.3 Å². The Morgan fingerprint density at radius 1 is 1.47 bits per heavy atom. The van der Waals surface area contributed by atoms with Gasteiger partial charge in [-0.15, -0.1) is 0 Å². The second kappa shape index (κ2) is 5.36. The largest absolute Gasteiger partial charge is 0.389 e. The maximum absolute atomic E-state index is 5.81. The lowest BCUT2D eigenvalue weighted by Gasteiger charge is -2.38. The standard InChI is InChI=1S/C13H19BrN2S/c1-5-13(2,3)16(4)10-8-6-7-9(14)11(10)12(15)17/h6-8H,5H2,1-4H3,(H2,15,17). The van der Waals surface area contributed by atoms with Crippen LogP contribution in [-0.4, -0.2) is 17.6 Å². The van der Waals surface area contributed by atoms with E-state index in [2.05, 4.69) is 54.7 Å². The summed E-state index contributed by atoms with van der Waals surface area (Å²) in [7, 11) is 2.08. The molecular formula is C13H19BrN2S. The third kappa shape index (κ3) is 2.99. The minimum Gasteiger partial charge on any atom is -0.389 e. The molecule has 94 valence electrons. The molecule has 2 N–H and O–H groups in total. The van der Waals surface area contributed by atoms with Crippen molar-refractivity contribution in [3.63, 3.8) is 0 Å². The number of thiocarbonyl (C=S) groups is 1. The molecule has 4 heteroatoms. The lowest BCUT2D eigenvalue weighted by Crippen LogP contribution is -2.41. The zero-order valence-electron chi connectivity index (χ0n) is 10.7. The molecule has 0 unspecified atom stereocenters. The molecule has 2 nitrogen and oxygen atoms in total. The Morgan fingerprint density at radius 2 is 2.06 bits per heavy atom. The molecule has 0 heterocycles. The van der Waals surface area contributed by atoms with Crippen LogP contribution in [-0.2, 0) is 0 Å². The van der Waals surface area contributed by atoms with E-state index in [4.69, 9.17) is 18.0 Å². The minimum atomic E-state index is 0.0698. The van der Waals surface area contributed by atoms with Gasteiger partial charge in [0.05, 0.1) is 0 Å². The predicted octanol–water partition coefficient (Wildman–Crippen LogP) is 3.71. The van der Waals surface area contributed by atoms with Gasteiger partial charge in [0.25, 0.3) is 0 Å². The summed E-state index contributed by atoms with van der Waals surface area (Å²) >= 11 is 8.65. The molecule has 0 fully saturated rings. The predicted molar refractivity (Wildman–Crippen MR) is 82.8 cm³/mol. The number of hydrogen-bond donors (Lipinski definition) is 1. The lowest BCUT2D eigenvalue weighted by atomic mass is 9.98. The number of hydrogen-bond acceptors (Lipinski definition) is 2. The zero-order chi connectivity index (χ0) is 13.2. The van der Waals surface area contributed by atoms with Crippen molar-refractivity contribution >= 4 is 38.8 Å². The van der Waals surface area contributed by atoms with Crippen molar-refractivity contribution in [2.75, 3.05) is 11.9 Å². The van der Waals surface area contributed by atoms with Crippen molar-refractivity contribution < 1.29 is 0 Å². The average molecular weight is 315 g/mol. The van der Waals surface area contributed by atoms with Gasteiger partial charge in [-0.3, -0.25) is 0 Å². The summed E-state index contributed by atoms with van der Waals surface area (Å²) in [4.78, 5) is 2.65. The number of nitrogens with zero attached hydrogens (tertiary/aromatic N) is 1. The first-order valence-corrected chi connectivity index (χ1v) is 6.83. The number of rotatable bonds is 4. The molecule has 0 aliphatic rings. The first-order chi connectivity index (χ1) is 7.81. The van der Waals surface area contributed by atoms with Crippen LogP contribution in [0.1, 0.15) is 32.8 Å². The topological polar surface area (TPSA) is 29.3 Å². The lowest BCUT2D eigenvalue weighted by molar-refractivity contribution is 0.470. The molecule has 0 saturated heterocycles. The van der Waals surface area contributed by atoms with E-state index in [0.717, 1.165) is 22.1 Å². The number of halogens is 1. The summed E-state index contributed by atoms with van der Waals surface area (Å²) in [6.45, 7) is 6.59. The number of benzene rings is 1. The molecular weight excluding hydrogens is 296 g/mol. The van der Waals surface area contributed by atoms with Crippen LogP contribution in [0, 0.1) is 0 Å². The van der Waals surface area contributed by atoms with Crippen LogP contribution in [0.25, 0.3) is 0 Å². The number of nitrogens with two attached hydrogens (primary N) is 1. The van der Waals surface area contributed by atoms with E-state index in [9.17, 15) is 0 Å². The van der Waals surface area contributed by atoms with Crippen LogP contribution >= 0.6 is 28.1 Å². The fourth-order valence-electron chi connectivity index (χ4n) is 1.60. The van der Waals surface area contributed by atoms with Crippen molar-refractivity contribution in [2.24, 2.45) is 5.73 Å². The van der Waals surface area contributed by atoms with Crippen molar-refractivity contribution in [1.29, 1.82) is 0 Å². The van der Waals surface area contributed by atoms with Gasteiger partial charge in [-0.1, -0.05) is 25.2 Å². The van der Waals surface area contributed by atoms with Crippen LogP contribution in [0.2, 0.25) is 0 Å². The van der Waals surface area contributed by atoms with Gasteiger partial charge in [-0.25, -0.2) is 0 Å². The van der Waals surface area contributed by atoms with Gasteiger partial charge in [0.1, 0.15) is 4.99 Å². The summed E-state index contributed by atoms with van der Waals surface area (Å²) < 4.78 is 0.946. The van der Waals surface area contributed by atoms with E-state index in [1.54, 1.807) is 0 Å². The van der Waals surface area contributed by atoms with Crippen LogP contribution in [0.4, 0.5) is 5.69 Å². The highest BCUT2D eigenvalue weighted by atomic mass is 79.9. The molecule has 1 aromatic rings. The molecule has 0 radical (unpaired) electrons. The van der Waals surface area contributed by atoms with Gasteiger partial charge in [-0.05, 0) is 48.3 Å². The Labute approximate surface area is 117 Å². The third-order valence-corrected chi connectivity index (χ3v) is 4.24. The molecule has 1 aromatic carbocycles. The maximum Gasteiger partial charge on any atom is 0.107 e. The molecule has 0 bridgehead atoms. The van der Waals surface area contributed by atoms with Crippen LogP contribution < -0.4 is 10.6 Å². The molecule has 0 aliphatic heterocycles. The summed E-state index contributed by atoms with van der Waals surface area (Å²) in [5.74, 6) is 0. The second-order valence-corrected chi connectivity index (χ2v) is 6.02. The normalized spacial score (nSPS) is 11.4. The van der Waals surface area contributed by atoms with Gasteiger partial charge in [-0.2, -0.15) is 0 Å². The molecule has 17 heavy (non-hydrogen) atoms. The highest BCUT2D eigenvalue weighted by molar-refractivity contribution is 9.10.